The molecule has 0 bridgehead atoms. The maximum absolute atomic E-state index is 10.1. The molecule has 0 amide bonds. The van der Waals surface area contributed by atoms with Gasteiger partial charge in [-0.25, -0.2) is 29.9 Å². The predicted octanol–water partition coefficient (Wildman–Crippen LogP) is 10.8. The maximum Gasteiger partial charge on any atom is 0.163 e. The number of fused-ring (bicyclic) bond motifs is 6. The Labute approximate surface area is 335 Å². The van der Waals surface area contributed by atoms with E-state index < -0.39 is 0 Å². The number of hydrogen-bond acceptors (Lipinski definition) is 8. The lowest BCUT2D eigenvalue weighted by atomic mass is 10.0. The molecule has 10 nitrogen and oxygen atoms in total. The van der Waals surface area contributed by atoms with Gasteiger partial charge in [-0.2, -0.15) is 5.26 Å². The van der Waals surface area contributed by atoms with E-state index in [2.05, 4.69) is 116 Å². The molecular weight excluding hydrogens is 717 g/mol. The number of aryl methyl sites for hydroxylation is 4. The molecule has 0 spiro atoms. The first-order valence-corrected chi connectivity index (χ1v) is 19.3. The van der Waals surface area contributed by atoms with Gasteiger partial charge in [-0.05, 0) is 69.7 Å². The highest BCUT2D eigenvalue weighted by atomic mass is 15.1. The first-order chi connectivity index (χ1) is 28.3. The Morgan fingerprint density at radius 3 is 1.36 bits per heavy atom. The van der Waals surface area contributed by atoms with Gasteiger partial charge in [0, 0.05) is 38.2 Å². The van der Waals surface area contributed by atoms with Crippen LogP contribution in [-0.2, 0) is 0 Å². The van der Waals surface area contributed by atoms with Gasteiger partial charge >= 0.3 is 0 Å². The molecule has 0 aliphatic carbocycles. The van der Waals surface area contributed by atoms with Gasteiger partial charge in [0.05, 0.1) is 57.5 Å². The largest absolute Gasteiger partial charge is 0.307 e. The lowest BCUT2D eigenvalue weighted by Gasteiger charge is -2.20. The lowest BCUT2D eigenvalue weighted by Crippen LogP contribution is -2.05. The standard InChI is InChI=1S/C46H32N10.C2H6/c1-26-49-27(2)52-45(51-26)32-16-18-36-34-12-5-7-14-38(34)55(40(36)21-32)42-24-48-25-43(44(42)31-11-9-10-30(20-31)23-47)56-39-15-8-6-13-35(39)37-19-17-33(22-41(37)56)46-53-28(3)50-29(4)54-46;1-2/h5-22,24-25H,1-4H3;1-2H3. The van der Waals surface area contributed by atoms with Gasteiger partial charge in [0.2, 0.25) is 0 Å². The fourth-order valence-corrected chi connectivity index (χ4v) is 8.05. The minimum absolute atomic E-state index is 0.561. The number of para-hydroxylation sites is 2. The van der Waals surface area contributed by atoms with Gasteiger partial charge in [0.15, 0.2) is 11.6 Å². The van der Waals surface area contributed by atoms with E-state index in [0.717, 1.165) is 77.2 Å². The molecule has 0 fully saturated rings. The van der Waals surface area contributed by atoms with Crippen molar-refractivity contribution in [3.05, 3.63) is 150 Å². The highest BCUT2D eigenvalue weighted by Gasteiger charge is 2.23. The van der Waals surface area contributed by atoms with Crippen LogP contribution < -0.4 is 0 Å². The molecule has 0 unspecified atom stereocenters. The number of nitrogens with zero attached hydrogens (tertiary/aromatic N) is 10. The zero-order chi connectivity index (χ0) is 40.1. The van der Waals surface area contributed by atoms with Crippen LogP contribution in [0.3, 0.4) is 0 Å². The molecule has 58 heavy (non-hydrogen) atoms. The maximum atomic E-state index is 10.1. The van der Waals surface area contributed by atoms with E-state index in [1.54, 1.807) is 0 Å². The van der Waals surface area contributed by atoms with Crippen LogP contribution in [0.1, 0.15) is 42.7 Å². The summed E-state index contributed by atoms with van der Waals surface area (Å²) in [5.41, 5.74) is 9.81. The third-order valence-corrected chi connectivity index (χ3v) is 10.3. The summed E-state index contributed by atoms with van der Waals surface area (Å²) in [4.78, 5) is 32.6. The summed E-state index contributed by atoms with van der Waals surface area (Å²) in [6, 6.07) is 39.7. The first kappa shape index (κ1) is 36.0. The Kier molecular flexibility index (Phi) is 8.98. The Hall–Kier alpha value is -7.64. The van der Waals surface area contributed by atoms with Gasteiger partial charge in [-0.15, -0.1) is 0 Å². The number of aromatic nitrogens is 9. The van der Waals surface area contributed by atoms with Crippen molar-refractivity contribution >= 4 is 43.6 Å². The average molecular weight is 755 g/mol. The van der Waals surface area contributed by atoms with Crippen molar-refractivity contribution in [3.63, 3.8) is 0 Å². The molecule has 0 atom stereocenters. The highest BCUT2D eigenvalue weighted by Crippen LogP contribution is 2.42. The SMILES string of the molecule is CC.Cc1nc(C)nc(-c2ccc3c4ccccc4n(-c4cncc(-n5c6ccccc6c6ccc(-c7nc(C)nc(C)n7)cc65)c4-c4cccc(C#N)c4)c3c2)n1. The number of pyridine rings is 1. The second-order valence-corrected chi connectivity index (χ2v) is 13.9. The normalized spacial score (nSPS) is 11.3. The summed E-state index contributed by atoms with van der Waals surface area (Å²) in [5, 5.41) is 14.5. The fourth-order valence-electron chi connectivity index (χ4n) is 8.05. The molecule has 0 radical (unpaired) electrons. The number of rotatable bonds is 5. The van der Waals surface area contributed by atoms with Crippen LogP contribution in [0.2, 0.25) is 0 Å². The van der Waals surface area contributed by atoms with Crippen LogP contribution in [0.15, 0.2) is 122 Å². The topological polar surface area (TPSA) is 124 Å². The molecule has 0 saturated carbocycles. The molecule has 0 aliphatic rings. The van der Waals surface area contributed by atoms with Crippen molar-refractivity contribution in [1.82, 2.24) is 44.0 Å². The van der Waals surface area contributed by atoms with Crippen LogP contribution in [0, 0.1) is 39.0 Å². The second kappa shape index (κ2) is 14.5. The zero-order valence-corrected chi connectivity index (χ0v) is 33.0. The van der Waals surface area contributed by atoms with E-state index in [0.29, 0.717) is 40.5 Å². The van der Waals surface area contributed by atoms with Gasteiger partial charge in [0.25, 0.3) is 0 Å². The van der Waals surface area contributed by atoms with Crippen LogP contribution in [0.25, 0.3) is 88.9 Å². The van der Waals surface area contributed by atoms with Crippen molar-refractivity contribution in [3.8, 4) is 51.3 Å². The van der Waals surface area contributed by atoms with E-state index in [1.165, 1.54) is 0 Å². The number of benzene rings is 5. The minimum atomic E-state index is 0.561. The molecule has 10 heteroatoms. The summed E-state index contributed by atoms with van der Waals surface area (Å²) in [6.07, 6.45) is 3.84. The first-order valence-electron chi connectivity index (χ1n) is 19.3. The third kappa shape index (κ3) is 6.01. The van der Waals surface area contributed by atoms with E-state index >= 15 is 0 Å². The van der Waals surface area contributed by atoms with Gasteiger partial charge in [-0.1, -0.05) is 86.6 Å². The molecule has 5 heterocycles. The van der Waals surface area contributed by atoms with E-state index in [-0.39, 0.29) is 0 Å². The summed E-state index contributed by atoms with van der Waals surface area (Å²) < 4.78 is 4.55. The molecule has 10 rings (SSSR count). The Bertz CT molecular complexity index is 3050. The minimum Gasteiger partial charge on any atom is -0.307 e. The predicted molar refractivity (Wildman–Crippen MR) is 231 cm³/mol. The van der Waals surface area contributed by atoms with Gasteiger partial charge < -0.3 is 9.13 Å². The number of nitriles is 1. The van der Waals surface area contributed by atoms with Crippen LogP contribution in [-0.4, -0.2) is 44.0 Å². The van der Waals surface area contributed by atoms with Crippen molar-refractivity contribution in [2.75, 3.05) is 0 Å². The Morgan fingerprint density at radius 1 is 0.448 bits per heavy atom. The van der Waals surface area contributed by atoms with E-state index in [4.69, 9.17) is 24.9 Å². The van der Waals surface area contributed by atoms with Crippen molar-refractivity contribution in [1.29, 1.82) is 5.26 Å². The van der Waals surface area contributed by atoms with Crippen LogP contribution in [0.5, 0.6) is 0 Å². The van der Waals surface area contributed by atoms with E-state index in [1.807, 2.05) is 72.1 Å². The highest BCUT2D eigenvalue weighted by molar-refractivity contribution is 6.12. The average Bonchev–Trinajstić information content (AvgIpc) is 3.75. The summed E-state index contributed by atoms with van der Waals surface area (Å²) in [7, 11) is 0. The molecule has 10 aromatic rings. The monoisotopic (exact) mass is 754 g/mol. The van der Waals surface area contributed by atoms with Crippen molar-refractivity contribution in [2.24, 2.45) is 0 Å². The van der Waals surface area contributed by atoms with Crippen molar-refractivity contribution < 1.29 is 0 Å². The molecular formula is C48H38N10. The summed E-state index contributed by atoms with van der Waals surface area (Å²) in [5.74, 6) is 3.90. The molecule has 0 aliphatic heterocycles. The fraction of sp³-hybridized carbons (Fsp3) is 0.125. The van der Waals surface area contributed by atoms with Gasteiger partial charge in [-0.3, -0.25) is 4.98 Å². The molecule has 5 aromatic carbocycles. The van der Waals surface area contributed by atoms with Gasteiger partial charge in [0.1, 0.15) is 23.3 Å². The van der Waals surface area contributed by atoms with E-state index in [9.17, 15) is 5.26 Å². The van der Waals surface area contributed by atoms with Crippen LogP contribution >= 0.6 is 0 Å². The Morgan fingerprint density at radius 2 is 0.897 bits per heavy atom. The summed E-state index contributed by atoms with van der Waals surface area (Å²) >= 11 is 0. The Balaban J connectivity index is 0.00000215. The number of hydrogen-bond donors (Lipinski definition) is 0. The summed E-state index contributed by atoms with van der Waals surface area (Å²) in [6.45, 7) is 11.5. The quantitative estimate of drug-likeness (QED) is 0.170. The third-order valence-electron chi connectivity index (χ3n) is 10.3. The van der Waals surface area contributed by atoms with Crippen LogP contribution in [0.4, 0.5) is 0 Å². The second-order valence-electron chi connectivity index (χ2n) is 13.9. The molecule has 0 N–H and O–H groups in total. The zero-order valence-electron chi connectivity index (χ0n) is 33.0. The molecule has 0 saturated heterocycles. The smallest absolute Gasteiger partial charge is 0.163 e. The molecule has 5 aromatic heterocycles. The lowest BCUT2D eigenvalue weighted by molar-refractivity contribution is 0.928. The van der Waals surface area contributed by atoms with Crippen molar-refractivity contribution in [2.45, 2.75) is 41.5 Å². The molecule has 280 valence electrons.